The number of hydrogen-bond acceptors (Lipinski definition) is 2. The van der Waals surface area contributed by atoms with Gasteiger partial charge < -0.3 is 10.6 Å². The van der Waals surface area contributed by atoms with E-state index >= 15 is 0 Å². The summed E-state index contributed by atoms with van der Waals surface area (Å²) < 4.78 is 0. The second-order valence-electron chi connectivity index (χ2n) is 6.48. The van der Waals surface area contributed by atoms with Crippen molar-refractivity contribution in [3.8, 4) is 0 Å². The predicted molar refractivity (Wildman–Crippen MR) is 92.6 cm³/mol. The normalized spacial score (nSPS) is 20.1. The van der Waals surface area contributed by atoms with Crippen molar-refractivity contribution in [3.63, 3.8) is 0 Å². The Kier molecular flexibility index (Phi) is 6.71. The molecule has 1 heterocycles. The molecular formula is C18H27ClN2O. The van der Waals surface area contributed by atoms with Gasteiger partial charge in [-0.3, -0.25) is 4.79 Å². The minimum Gasteiger partial charge on any atom is -0.356 e. The number of benzene rings is 1. The van der Waals surface area contributed by atoms with Gasteiger partial charge in [-0.1, -0.05) is 18.2 Å². The molecule has 122 valence electrons. The predicted octanol–water partition coefficient (Wildman–Crippen LogP) is 2.65. The number of halogens is 1. The van der Waals surface area contributed by atoms with Gasteiger partial charge in [0.05, 0.1) is 6.42 Å². The van der Waals surface area contributed by atoms with Gasteiger partial charge in [0.15, 0.2) is 0 Å². The number of carbonyl (C=O) groups is 1. The smallest absolute Gasteiger partial charge is 0.224 e. The first kappa shape index (κ1) is 17.3. The van der Waals surface area contributed by atoms with Crippen LogP contribution in [0.1, 0.15) is 42.4 Å². The number of rotatable bonds is 5. The van der Waals surface area contributed by atoms with Gasteiger partial charge in [-0.2, -0.15) is 0 Å². The Morgan fingerprint density at radius 3 is 2.82 bits per heavy atom. The lowest BCUT2D eigenvalue weighted by Gasteiger charge is -2.16. The largest absolute Gasteiger partial charge is 0.356 e. The summed E-state index contributed by atoms with van der Waals surface area (Å²) >= 11 is 0. The highest BCUT2D eigenvalue weighted by molar-refractivity contribution is 5.85. The van der Waals surface area contributed by atoms with Crippen molar-refractivity contribution >= 4 is 18.3 Å². The van der Waals surface area contributed by atoms with Gasteiger partial charge in [-0.25, -0.2) is 0 Å². The highest BCUT2D eigenvalue weighted by Gasteiger charge is 2.14. The molecule has 1 saturated heterocycles. The summed E-state index contributed by atoms with van der Waals surface area (Å²) in [4.78, 5) is 12.0. The second kappa shape index (κ2) is 8.54. The summed E-state index contributed by atoms with van der Waals surface area (Å²) in [5.74, 6) is 0.908. The summed E-state index contributed by atoms with van der Waals surface area (Å²) in [5, 5.41) is 6.44. The molecule has 2 N–H and O–H groups in total. The summed E-state index contributed by atoms with van der Waals surface area (Å²) in [7, 11) is 0. The van der Waals surface area contributed by atoms with Gasteiger partial charge >= 0.3 is 0 Å². The van der Waals surface area contributed by atoms with E-state index in [-0.39, 0.29) is 18.3 Å². The summed E-state index contributed by atoms with van der Waals surface area (Å²) in [6.45, 7) is 3.06. The molecule has 0 saturated carbocycles. The third-order valence-electron chi connectivity index (χ3n) is 4.81. The molecule has 1 aromatic carbocycles. The Hall–Kier alpha value is -1.06. The van der Waals surface area contributed by atoms with Crippen molar-refractivity contribution in [2.75, 3.05) is 19.6 Å². The third-order valence-corrected chi connectivity index (χ3v) is 4.81. The lowest BCUT2D eigenvalue weighted by molar-refractivity contribution is -0.120. The number of fused-ring (bicyclic) bond motifs is 1. The van der Waals surface area contributed by atoms with Crippen LogP contribution in [-0.4, -0.2) is 25.5 Å². The van der Waals surface area contributed by atoms with Gasteiger partial charge in [-0.15, -0.1) is 12.4 Å². The molecule has 2 aliphatic rings. The highest BCUT2D eigenvalue weighted by atomic mass is 35.5. The van der Waals surface area contributed by atoms with Crippen molar-refractivity contribution in [1.29, 1.82) is 0 Å². The molecule has 4 heteroatoms. The van der Waals surface area contributed by atoms with E-state index in [1.165, 1.54) is 43.2 Å². The van der Waals surface area contributed by atoms with E-state index in [1.807, 2.05) is 0 Å². The van der Waals surface area contributed by atoms with Crippen LogP contribution < -0.4 is 10.6 Å². The monoisotopic (exact) mass is 322 g/mol. The van der Waals surface area contributed by atoms with Crippen LogP contribution in [-0.2, 0) is 24.1 Å². The van der Waals surface area contributed by atoms with Crippen LogP contribution in [0.15, 0.2) is 18.2 Å². The highest BCUT2D eigenvalue weighted by Crippen LogP contribution is 2.22. The van der Waals surface area contributed by atoms with Crippen molar-refractivity contribution in [2.24, 2.45) is 5.92 Å². The summed E-state index contributed by atoms with van der Waals surface area (Å²) in [6.07, 6.45) is 7.86. The number of hydrogen-bond donors (Lipinski definition) is 2. The summed E-state index contributed by atoms with van der Waals surface area (Å²) in [6, 6.07) is 6.60. The molecule has 22 heavy (non-hydrogen) atoms. The van der Waals surface area contributed by atoms with E-state index in [4.69, 9.17) is 0 Å². The zero-order valence-electron chi connectivity index (χ0n) is 13.2. The lowest BCUT2D eigenvalue weighted by Crippen LogP contribution is -2.27. The molecule has 0 bridgehead atoms. The molecular weight excluding hydrogens is 296 g/mol. The van der Waals surface area contributed by atoms with Crippen molar-refractivity contribution in [1.82, 2.24) is 10.6 Å². The minimum absolute atomic E-state index is 0. The maximum atomic E-state index is 12.0. The average molecular weight is 323 g/mol. The topological polar surface area (TPSA) is 41.1 Å². The number of carbonyl (C=O) groups excluding carboxylic acids is 1. The Morgan fingerprint density at radius 2 is 2.05 bits per heavy atom. The number of nitrogens with one attached hydrogen (secondary N) is 2. The van der Waals surface area contributed by atoms with E-state index in [0.29, 0.717) is 6.42 Å². The quantitative estimate of drug-likeness (QED) is 0.875. The van der Waals surface area contributed by atoms with E-state index in [2.05, 4.69) is 28.8 Å². The molecule has 1 aliphatic heterocycles. The zero-order valence-corrected chi connectivity index (χ0v) is 14.0. The molecule has 1 aromatic rings. The Labute approximate surface area is 139 Å². The molecule has 0 spiro atoms. The maximum absolute atomic E-state index is 12.0. The molecule has 3 rings (SSSR count). The van der Waals surface area contributed by atoms with Crippen LogP contribution in [0.2, 0.25) is 0 Å². The molecule has 0 aromatic heterocycles. The van der Waals surface area contributed by atoms with Gasteiger partial charge in [0.2, 0.25) is 5.91 Å². The zero-order chi connectivity index (χ0) is 14.5. The molecule has 1 fully saturated rings. The van der Waals surface area contributed by atoms with E-state index in [9.17, 15) is 4.79 Å². The van der Waals surface area contributed by atoms with E-state index < -0.39 is 0 Å². The molecule has 0 radical (unpaired) electrons. The van der Waals surface area contributed by atoms with Crippen molar-refractivity contribution < 1.29 is 4.79 Å². The van der Waals surface area contributed by atoms with Crippen LogP contribution in [0.4, 0.5) is 0 Å². The van der Waals surface area contributed by atoms with Gasteiger partial charge in [0.1, 0.15) is 0 Å². The first-order valence-corrected chi connectivity index (χ1v) is 8.39. The molecule has 3 nitrogen and oxygen atoms in total. The average Bonchev–Trinajstić information content (AvgIpc) is 3.00. The van der Waals surface area contributed by atoms with E-state index in [1.54, 1.807) is 0 Å². The van der Waals surface area contributed by atoms with Crippen molar-refractivity contribution in [2.45, 2.75) is 44.9 Å². The standard InChI is InChI=1S/C18H26N2O.ClH/c21-18(20-10-8-14-7-9-19-13-14)12-15-5-6-16-3-1-2-4-17(16)11-15;/h5-6,11,14,19H,1-4,7-10,12-13H2,(H,20,21);1H. The van der Waals surface area contributed by atoms with Crippen LogP contribution in [0, 0.1) is 5.92 Å². The van der Waals surface area contributed by atoms with Crippen LogP contribution in [0.3, 0.4) is 0 Å². The fourth-order valence-electron chi connectivity index (χ4n) is 3.52. The summed E-state index contributed by atoms with van der Waals surface area (Å²) in [5.41, 5.74) is 4.11. The lowest BCUT2D eigenvalue weighted by atomic mass is 9.90. The van der Waals surface area contributed by atoms with Crippen molar-refractivity contribution in [3.05, 3.63) is 34.9 Å². The fraction of sp³-hybridized carbons (Fsp3) is 0.611. The molecule has 1 amide bonds. The van der Waals surface area contributed by atoms with Gasteiger partial charge in [0.25, 0.3) is 0 Å². The Bertz CT molecular complexity index is 498. The molecule has 1 aliphatic carbocycles. The van der Waals surface area contributed by atoms with Crippen LogP contribution in [0.25, 0.3) is 0 Å². The molecule has 1 atom stereocenters. The van der Waals surface area contributed by atoms with Gasteiger partial charge in [-0.05, 0) is 74.2 Å². The second-order valence-corrected chi connectivity index (χ2v) is 6.48. The number of aryl methyl sites for hydroxylation is 2. The van der Waals surface area contributed by atoms with Crippen LogP contribution in [0.5, 0.6) is 0 Å². The SMILES string of the molecule is Cl.O=C(Cc1ccc2c(c1)CCCC2)NCCC1CCNC1. The third kappa shape index (κ3) is 4.72. The molecule has 1 unspecified atom stereocenters. The van der Waals surface area contributed by atoms with Gasteiger partial charge in [0, 0.05) is 6.54 Å². The fourth-order valence-corrected chi connectivity index (χ4v) is 3.52. The Balaban J connectivity index is 0.00000176. The Morgan fingerprint density at radius 1 is 1.23 bits per heavy atom. The van der Waals surface area contributed by atoms with E-state index in [0.717, 1.165) is 37.5 Å². The minimum atomic E-state index is 0. The first-order chi connectivity index (χ1) is 10.3. The maximum Gasteiger partial charge on any atom is 0.224 e. The first-order valence-electron chi connectivity index (χ1n) is 8.39. The van der Waals surface area contributed by atoms with Crippen LogP contribution >= 0.6 is 12.4 Å². The number of amides is 1.